The smallest absolute Gasteiger partial charge is 0.143 e. The maximum Gasteiger partial charge on any atom is 0.174 e. The van der Waals surface area contributed by atoms with Crippen molar-refractivity contribution >= 4 is 39.0 Å². The van der Waals surface area contributed by atoms with E-state index in [0.29, 0.717) is 0 Å². The van der Waals surface area contributed by atoms with Gasteiger partial charge in [0, 0.05) is 11.1 Å². The summed E-state index contributed by atoms with van der Waals surface area (Å²) in [5, 5.41) is 10.0. The first-order valence-electron chi connectivity index (χ1n) is 3.32. The highest BCUT2D eigenvalue weighted by Crippen LogP contribution is 2.22. The van der Waals surface area contributed by atoms with Crippen LogP contribution in [0.15, 0.2) is 4.34 Å². The van der Waals surface area contributed by atoms with Gasteiger partial charge >= 0.3 is 0 Å². The Morgan fingerprint density at radius 1 is 1.55 bits per heavy atom. The average Bonchev–Trinajstić information content (AvgIpc) is 2.37. The Bertz CT molecular complexity index is 214. The second kappa shape index (κ2) is 5.11. The topological polar surface area (TPSA) is 25.8 Å². The second-order valence-corrected chi connectivity index (χ2v) is 5.29. The summed E-state index contributed by atoms with van der Waals surface area (Å²) in [5.74, 6) is 1.12. The fourth-order valence-electron chi connectivity index (χ4n) is 0.551. The molecule has 1 aromatic heterocycles. The molecule has 0 saturated heterocycles. The second-order valence-electron chi connectivity index (χ2n) is 1.98. The van der Waals surface area contributed by atoms with Crippen molar-refractivity contribution in [1.82, 2.24) is 10.2 Å². The zero-order valence-corrected chi connectivity index (χ0v) is 9.43. The van der Waals surface area contributed by atoms with Crippen molar-refractivity contribution in [2.24, 2.45) is 0 Å². The molecule has 2 nitrogen and oxygen atoms in total. The third-order valence-electron chi connectivity index (χ3n) is 1.01. The summed E-state index contributed by atoms with van der Waals surface area (Å²) in [4.78, 5) is 0. The van der Waals surface area contributed by atoms with Gasteiger partial charge in [0.2, 0.25) is 0 Å². The fraction of sp³-hybridized carbons (Fsp3) is 0.667. The van der Waals surface area contributed by atoms with Gasteiger partial charge in [-0.1, -0.05) is 39.0 Å². The summed E-state index contributed by atoms with van der Waals surface area (Å²) in [6.07, 6.45) is 1.18. The van der Waals surface area contributed by atoms with E-state index >= 15 is 0 Å². The van der Waals surface area contributed by atoms with Gasteiger partial charge in [-0.3, -0.25) is 0 Å². The van der Waals surface area contributed by atoms with Crippen molar-refractivity contribution in [3.8, 4) is 0 Å². The van der Waals surface area contributed by atoms with Crippen molar-refractivity contribution in [1.29, 1.82) is 0 Å². The zero-order valence-electron chi connectivity index (χ0n) is 6.21. The largest absolute Gasteiger partial charge is 0.174 e. The zero-order chi connectivity index (χ0) is 8.10. The Labute approximate surface area is 82.9 Å². The molecule has 0 fully saturated rings. The Morgan fingerprint density at radius 3 is 2.91 bits per heavy atom. The summed E-state index contributed by atoms with van der Waals surface area (Å²) in [5.41, 5.74) is 0. The monoisotopic (exact) mass is 252 g/mol. The van der Waals surface area contributed by atoms with Gasteiger partial charge < -0.3 is 0 Å². The fourth-order valence-corrected chi connectivity index (χ4v) is 3.03. The average molecular weight is 253 g/mol. The number of halogens is 1. The van der Waals surface area contributed by atoms with Crippen LogP contribution in [0.1, 0.15) is 11.4 Å². The van der Waals surface area contributed by atoms with E-state index in [4.69, 9.17) is 0 Å². The van der Waals surface area contributed by atoms with E-state index in [0.717, 1.165) is 20.4 Å². The molecule has 0 N–H and O–H groups in total. The molecule has 1 rings (SSSR count). The van der Waals surface area contributed by atoms with Gasteiger partial charge in [-0.2, -0.15) is 0 Å². The van der Waals surface area contributed by atoms with Gasteiger partial charge in [-0.25, -0.2) is 0 Å². The highest BCUT2D eigenvalue weighted by atomic mass is 79.9. The van der Waals surface area contributed by atoms with Crippen LogP contribution in [0.25, 0.3) is 0 Å². The van der Waals surface area contributed by atoms with E-state index in [1.165, 1.54) is 6.42 Å². The maximum atomic E-state index is 4.00. The van der Waals surface area contributed by atoms with Gasteiger partial charge in [0.1, 0.15) is 5.01 Å². The maximum absolute atomic E-state index is 4.00. The lowest BCUT2D eigenvalue weighted by Gasteiger charge is -1.90. The lowest BCUT2D eigenvalue weighted by atomic mass is 10.6. The van der Waals surface area contributed by atoms with E-state index in [1.807, 2.05) is 6.92 Å². The van der Waals surface area contributed by atoms with Gasteiger partial charge in [-0.05, 0) is 13.3 Å². The van der Waals surface area contributed by atoms with Crippen molar-refractivity contribution in [3.05, 3.63) is 5.01 Å². The molecule has 0 aromatic carbocycles. The Morgan fingerprint density at radius 2 is 2.36 bits per heavy atom. The molecule has 0 aliphatic rings. The van der Waals surface area contributed by atoms with Crippen molar-refractivity contribution in [2.45, 2.75) is 17.7 Å². The van der Waals surface area contributed by atoms with Crippen LogP contribution in [0.4, 0.5) is 0 Å². The lowest BCUT2D eigenvalue weighted by molar-refractivity contribution is 0.982. The van der Waals surface area contributed by atoms with Crippen LogP contribution >= 0.6 is 39.0 Å². The molecular formula is C6H9BrN2S2. The lowest BCUT2D eigenvalue weighted by Crippen LogP contribution is -1.79. The van der Waals surface area contributed by atoms with E-state index in [2.05, 4.69) is 26.1 Å². The number of alkyl halides is 1. The highest BCUT2D eigenvalue weighted by Gasteiger charge is 1.99. The molecule has 0 spiro atoms. The summed E-state index contributed by atoms with van der Waals surface area (Å²) < 4.78 is 1.09. The molecule has 0 unspecified atom stereocenters. The predicted octanol–water partition coefficient (Wildman–Crippen LogP) is 2.72. The molecule has 0 bridgehead atoms. The van der Waals surface area contributed by atoms with Gasteiger partial charge in [0.05, 0.1) is 0 Å². The van der Waals surface area contributed by atoms with Crippen LogP contribution < -0.4 is 0 Å². The molecule has 62 valence electrons. The Hall–Kier alpha value is 0.390. The first-order valence-corrected chi connectivity index (χ1v) is 6.24. The number of hydrogen-bond acceptors (Lipinski definition) is 4. The molecule has 11 heavy (non-hydrogen) atoms. The molecule has 1 heterocycles. The first kappa shape index (κ1) is 9.48. The number of thioether (sulfide) groups is 1. The number of rotatable bonds is 4. The van der Waals surface area contributed by atoms with Crippen LogP contribution in [-0.4, -0.2) is 21.3 Å². The molecule has 0 atom stereocenters. The minimum Gasteiger partial charge on any atom is -0.143 e. The third kappa shape index (κ3) is 3.53. The van der Waals surface area contributed by atoms with Crippen LogP contribution in [0.5, 0.6) is 0 Å². The SMILES string of the molecule is Cc1nnc(SCCCBr)s1. The number of aryl methyl sites for hydroxylation is 1. The molecule has 0 aliphatic heterocycles. The summed E-state index contributed by atoms with van der Waals surface area (Å²) >= 11 is 6.83. The third-order valence-corrected chi connectivity index (χ3v) is 3.63. The van der Waals surface area contributed by atoms with E-state index in [-0.39, 0.29) is 0 Å². The van der Waals surface area contributed by atoms with Crippen LogP contribution in [0, 0.1) is 6.92 Å². The number of nitrogens with zero attached hydrogens (tertiary/aromatic N) is 2. The van der Waals surface area contributed by atoms with E-state index < -0.39 is 0 Å². The van der Waals surface area contributed by atoms with Gasteiger partial charge in [-0.15, -0.1) is 10.2 Å². The first-order chi connectivity index (χ1) is 5.33. The van der Waals surface area contributed by atoms with Crippen LogP contribution in [0.2, 0.25) is 0 Å². The molecule has 5 heteroatoms. The quantitative estimate of drug-likeness (QED) is 0.468. The Balaban J connectivity index is 2.27. The molecule has 1 aromatic rings. The van der Waals surface area contributed by atoms with Crippen LogP contribution in [0.3, 0.4) is 0 Å². The molecule has 0 amide bonds. The van der Waals surface area contributed by atoms with Crippen LogP contribution in [-0.2, 0) is 0 Å². The summed E-state index contributed by atoms with van der Waals surface area (Å²) in [6.45, 7) is 1.98. The Kier molecular flexibility index (Phi) is 4.40. The summed E-state index contributed by atoms with van der Waals surface area (Å²) in [6, 6.07) is 0. The van der Waals surface area contributed by atoms with Crippen molar-refractivity contribution in [2.75, 3.05) is 11.1 Å². The normalized spacial score (nSPS) is 10.4. The van der Waals surface area contributed by atoms with Crippen molar-refractivity contribution in [3.63, 3.8) is 0 Å². The minimum atomic E-state index is 1.05. The van der Waals surface area contributed by atoms with Crippen molar-refractivity contribution < 1.29 is 0 Å². The minimum absolute atomic E-state index is 1.05. The molecule has 0 radical (unpaired) electrons. The van der Waals surface area contributed by atoms with E-state index in [9.17, 15) is 0 Å². The standard InChI is InChI=1S/C6H9BrN2S2/c1-5-8-9-6(11-5)10-4-2-3-7/h2-4H2,1H3. The number of hydrogen-bond donors (Lipinski definition) is 0. The molecule has 0 saturated carbocycles. The predicted molar refractivity (Wildman–Crippen MR) is 53.8 cm³/mol. The number of aromatic nitrogens is 2. The summed E-state index contributed by atoms with van der Waals surface area (Å²) in [7, 11) is 0. The van der Waals surface area contributed by atoms with Gasteiger partial charge in [0.15, 0.2) is 4.34 Å². The van der Waals surface area contributed by atoms with E-state index in [1.54, 1.807) is 23.1 Å². The highest BCUT2D eigenvalue weighted by molar-refractivity contribution is 9.09. The van der Waals surface area contributed by atoms with Gasteiger partial charge in [0.25, 0.3) is 0 Å². The molecule has 0 aliphatic carbocycles. The molecular weight excluding hydrogens is 244 g/mol.